The second-order valence-electron chi connectivity index (χ2n) is 4.33. The number of nitrogens with zero attached hydrogens (tertiary/aromatic N) is 1. The normalized spacial score (nSPS) is 11.9. The zero-order valence-corrected chi connectivity index (χ0v) is 12.3. The molecule has 1 aromatic rings. The topological polar surface area (TPSA) is 20.3 Å². The Balaban J connectivity index is 2.85. The van der Waals surface area contributed by atoms with Crippen molar-refractivity contribution in [2.45, 2.75) is 20.0 Å². The summed E-state index contributed by atoms with van der Waals surface area (Å²) in [6, 6.07) is 1.54. The highest BCUT2D eigenvalue weighted by atomic mass is 79.9. The fourth-order valence-corrected chi connectivity index (χ4v) is 2.61. The van der Waals surface area contributed by atoms with E-state index in [2.05, 4.69) is 15.9 Å². The van der Waals surface area contributed by atoms with Gasteiger partial charge >= 0.3 is 6.18 Å². The molecule has 18 heavy (non-hydrogen) atoms. The lowest BCUT2D eigenvalue weighted by Crippen LogP contribution is -2.40. The van der Waals surface area contributed by atoms with Crippen molar-refractivity contribution < 1.29 is 18.0 Å². The van der Waals surface area contributed by atoms with Crippen LogP contribution >= 0.6 is 27.3 Å². The smallest absolute Gasteiger partial charge is 0.329 e. The van der Waals surface area contributed by atoms with Gasteiger partial charge in [-0.15, -0.1) is 11.3 Å². The Labute approximate surface area is 116 Å². The van der Waals surface area contributed by atoms with Crippen molar-refractivity contribution in [2.24, 2.45) is 5.92 Å². The first-order chi connectivity index (χ1) is 8.19. The number of rotatable bonds is 4. The molecule has 0 bridgehead atoms. The molecule has 1 aromatic heterocycles. The predicted molar refractivity (Wildman–Crippen MR) is 68.8 cm³/mol. The Hall–Kier alpha value is -0.560. The number of alkyl halides is 3. The molecular weight excluding hydrogens is 331 g/mol. The second kappa shape index (κ2) is 6.06. The predicted octanol–water partition coefficient (Wildman–Crippen LogP) is 4.17. The van der Waals surface area contributed by atoms with Gasteiger partial charge in [0, 0.05) is 11.9 Å². The summed E-state index contributed by atoms with van der Waals surface area (Å²) in [5.74, 6) is -0.596. The molecule has 0 saturated heterocycles. The molecule has 1 heterocycles. The average Bonchev–Trinajstić information content (AvgIpc) is 2.59. The Kier molecular flexibility index (Phi) is 5.21. The van der Waals surface area contributed by atoms with Gasteiger partial charge in [0.2, 0.25) is 0 Å². The molecule has 0 saturated carbocycles. The maximum atomic E-state index is 12.4. The van der Waals surface area contributed by atoms with Crippen LogP contribution in [0.1, 0.15) is 24.2 Å². The molecule has 0 aliphatic rings. The number of hydrogen-bond donors (Lipinski definition) is 0. The molecule has 1 amide bonds. The molecule has 102 valence electrons. The van der Waals surface area contributed by atoms with E-state index in [-0.39, 0.29) is 18.0 Å². The quantitative estimate of drug-likeness (QED) is 0.803. The molecule has 2 nitrogen and oxygen atoms in total. The van der Waals surface area contributed by atoms with E-state index in [1.54, 1.807) is 19.2 Å². The minimum atomic E-state index is -4.38. The molecule has 0 N–H and O–H groups in total. The van der Waals surface area contributed by atoms with Gasteiger partial charge in [-0.25, -0.2) is 0 Å². The van der Waals surface area contributed by atoms with Crippen LogP contribution in [0.4, 0.5) is 13.2 Å². The Morgan fingerprint density at radius 1 is 1.50 bits per heavy atom. The van der Waals surface area contributed by atoms with E-state index in [1.165, 1.54) is 17.4 Å². The summed E-state index contributed by atoms with van der Waals surface area (Å²) >= 11 is 4.46. The SMILES string of the molecule is CC(C)CN(CC(F)(F)F)C(=O)c1csc(Br)c1. The molecule has 0 spiro atoms. The summed E-state index contributed by atoms with van der Waals surface area (Å²) in [5, 5.41) is 1.55. The first kappa shape index (κ1) is 15.5. The van der Waals surface area contributed by atoms with Crippen molar-refractivity contribution in [1.29, 1.82) is 0 Å². The third-order valence-electron chi connectivity index (χ3n) is 2.06. The number of carbonyl (C=O) groups is 1. The van der Waals surface area contributed by atoms with Crippen molar-refractivity contribution in [2.75, 3.05) is 13.1 Å². The van der Waals surface area contributed by atoms with Crippen LogP contribution in [0.15, 0.2) is 15.2 Å². The largest absolute Gasteiger partial charge is 0.406 e. The molecule has 1 rings (SSSR count). The highest BCUT2D eigenvalue weighted by molar-refractivity contribution is 9.11. The molecule has 0 fully saturated rings. The summed E-state index contributed by atoms with van der Waals surface area (Å²) in [4.78, 5) is 12.8. The lowest BCUT2D eigenvalue weighted by atomic mass is 10.2. The van der Waals surface area contributed by atoms with Crippen LogP contribution in [0, 0.1) is 5.92 Å². The molecule has 0 unspecified atom stereocenters. The fraction of sp³-hybridized carbons (Fsp3) is 0.545. The van der Waals surface area contributed by atoms with E-state index in [9.17, 15) is 18.0 Å². The van der Waals surface area contributed by atoms with Crippen molar-refractivity contribution in [3.8, 4) is 0 Å². The zero-order chi connectivity index (χ0) is 13.9. The van der Waals surface area contributed by atoms with Crippen molar-refractivity contribution in [3.05, 3.63) is 20.8 Å². The summed E-state index contributed by atoms with van der Waals surface area (Å²) in [7, 11) is 0. The summed E-state index contributed by atoms with van der Waals surface area (Å²) in [6.45, 7) is 2.43. The molecule has 0 radical (unpaired) electrons. The van der Waals surface area contributed by atoms with Gasteiger partial charge in [0.15, 0.2) is 0 Å². The molecule has 7 heteroatoms. The fourth-order valence-electron chi connectivity index (χ4n) is 1.48. The monoisotopic (exact) mass is 343 g/mol. The Morgan fingerprint density at radius 3 is 2.50 bits per heavy atom. The highest BCUT2D eigenvalue weighted by Gasteiger charge is 2.33. The van der Waals surface area contributed by atoms with E-state index in [0.29, 0.717) is 0 Å². The minimum Gasteiger partial charge on any atom is -0.329 e. The van der Waals surface area contributed by atoms with E-state index < -0.39 is 18.6 Å². The zero-order valence-electron chi connectivity index (χ0n) is 9.92. The summed E-state index contributed by atoms with van der Waals surface area (Å²) in [5.41, 5.74) is 0.289. The molecule has 0 atom stereocenters. The lowest BCUT2D eigenvalue weighted by molar-refractivity contribution is -0.141. The summed E-state index contributed by atoms with van der Waals surface area (Å²) in [6.07, 6.45) is -4.38. The van der Waals surface area contributed by atoms with Gasteiger partial charge in [0.25, 0.3) is 5.91 Å². The third-order valence-corrected chi connectivity index (χ3v) is 3.56. The lowest BCUT2D eigenvalue weighted by Gasteiger charge is -2.25. The standard InChI is InChI=1S/C11H13BrF3NOS/c1-7(2)4-16(6-11(13,14)15)10(17)8-3-9(12)18-5-8/h3,5,7H,4,6H2,1-2H3. The van der Waals surface area contributed by atoms with E-state index in [4.69, 9.17) is 0 Å². The van der Waals surface area contributed by atoms with Gasteiger partial charge in [-0.2, -0.15) is 13.2 Å². The van der Waals surface area contributed by atoms with Crippen LogP contribution in [0.25, 0.3) is 0 Å². The minimum absolute atomic E-state index is 0.0154. The van der Waals surface area contributed by atoms with Crippen molar-refractivity contribution in [3.63, 3.8) is 0 Å². The maximum Gasteiger partial charge on any atom is 0.406 e. The van der Waals surface area contributed by atoms with Gasteiger partial charge < -0.3 is 4.90 Å². The van der Waals surface area contributed by atoms with Crippen molar-refractivity contribution >= 4 is 33.2 Å². The number of hydrogen-bond acceptors (Lipinski definition) is 2. The van der Waals surface area contributed by atoms with Crippen molar-refractivity contribution in [1.82, 2.24) is 4.90 Å². The average molecular weight is 344 g/mol. The van der Waals surface area contributed by atoms with Crippen LogP contribution in [-0.2, 0) is 0 Å². The van der Waals surface area contributed by atoms with E-state index >= 15 is 0 Å². The summed E-state index contributed by atoms with van der Waals surface area (Å²) < 4.78 is 38.0. The van der Waals surface area contributed by atoms with Gasteiger partial charge in [-0.3, -0.25) is 4.79 Å². The Morgan fingerprint density at radius 2 is 2.11 bits per heavy atom. The van der Waals surface area contributed by atoms with Crippen LogP contribution in [0.3, 0.4) is 0 Å². The number of amides is 1. The van der Waals surface area contributed by atoms with Crippen LogP contribution in [0.5, 0.6) is 0 Å². The molecule has 0 aliphatic heterocycles. The number of thiophene rings is 1. The molecule has 0 aromatic carbocycles. The first-order valence-corrected chi connectivity index (χ1v) is 6.96. The van der Waals surface area contributed by atoms with Gasteiger partial charge in [-0.05, 0) is 27.9 Å². The second-order valence-corrected chi connectivity index (χ2v) is 6.62. The third kappa shape index (κ3) is 4.97. The van der Waals surface area contributed by atoms with E-state index in [1.807, 2.05) is 0 Å². The van der Waals surface area contributed by atoms with E-state index in [0.717, 1.165) is 8.69 Å². The van der Waals surface area contributed by atoms with Crippen LogP contribution in [0.2, 0.25) is 0 Å². The van der Waals surface area contributed by atoms with Gasteiger partial charge in [-0.1, -0.05) is 13.8 Å². The molecule has 0 aliphatic carbocycles. The Bertz CT molecular complexity index is 417. The van der Waals surface area contributed by atoms with Gasteiger partial charge in [0.1, 0.15) is 6.54 Å². The highest BCUT2D eigenvalue weighted by Crippen LogP contribution is 2.24. The van der Waals surface area contributed by atoms with Crippen LogP contribution < -0.4 is 0 Å². The molecular formula is C11H13BrF3NOS. The maximum absolute atomic E-state index is 12.4. The van der Waals surface area contributed by atoms with Crippen LogP contribution in [-0.4, -0.2) is 30.1 Å². The first-order valence-electron chi connectivity index (χ1n) is 5.29. The number of halogens is 4. The van der Waals surface area contributed by atoms with Gasteiger partial charge in [0.05, 0.1) is 9.35 Å². The number of carbonyl (C=O) groups excluding carboxylic acids is 1.